The number of carbonyl (C=O) groups is 1. The Labute approximate surface area is 135 Å². The van der Waals surface area contributed by atoms with E-state index in [4.69, 9.17) is 13.9 Å². The lowest BCUT2D eigenvalue weighted by molar-refractivity contribution is -0.126. The molecule has 1 fully saturated rings. The Morgan fingerprint density at radius 2 is 2.30 bits per heavy atom. The Kier molecular flexibility index (Phi) is 5.60. The lowest BCUT2D eigenvalue weighted by Crippen LogP contribution is -2.30. The maximum absolute atomic E-state index is 11.7. The minimum absolute atomic E-state index is 0.0861. The Morgan fingerprint density at radius 1 is 1.39 bits per heavy atom. The molecule has 0 radical (unpaired) electrons. The number of benzene rings is 1. The number of nitrogens with one attached hydrogen (secondary N) is 1. The molecule has 1 aliphatic rings. The van der Waals surface area contributed by atoms with Crippen LogP contribution in [0.15, 0.2) is 28.7 Å². The van der Waals surface area contributed by atoms with Crippen LogP contribution in [0.3, 0.4) is 0 Å². The maximum atomic E-state index is 11.7. The monoisotopic (exact) mass is 318 g/mol. The highest BCUT2D eigenvalue weighted by atomic mass is 16.5. The van der Waals surface area contributed by atoms with Crippen LogP contribution in [0.4, 0.5) is 0 Å². The summed E-state index contributed by atoms with van der Waals surface area (Å²) in [6, 6.07) is 7.69. The third-order valence-electron chi connectivity index (χ3n) is 3.79. The van der Waals surface area contributed by atoms with Gasteiger partial charge in [0.25, 0.3) is 0 Å². The van der Waals surface area contributed by atoms with E-state index in [-0.39, 0.29) is 18.6 Å². The number of oxazole rings is 1. The van der Waals surface area contributed by atoms with Gasteiger partial charge in [0.05, 0.1) is 12.7 Å². The Bertz CT molecular complexity index is 601. The molecule has 6 heteroatoms. The van der Waals surface area contributed by atoms with Crippen LogP contribution in [-0.4, -0.2) is 43.4 Å². The summed E-state index contributed by atoms with van der Waals surface area (Å²) in [5, 5.41) is 2.84. The fraction of sp³-hybridized carbons (Fsp3) is 0.529. The van der Waals surface area contributed by atoms with Crippen molar-refractivity contribution in [1.29, 1.82) is 0 Å². The molecule has 3 rings (SSSR count). The van der Waals surface area contributed by atoms with Crippen molar-refractivity contribution in [1.82, 2.24) is 10.3 Å². The molecule has 124 valence electrons. The zero-order valence-electron chi connectivity index (χ0n) is 13.1. The van der Waals surface area contributed by atoms with Gasteiger partial charge >= 0.3 is 0 Å². The number of rotatable bonds is 8. The predicted octanol–water partition coefficient (Wildman–Crippen LogP) is 2.07. The minimum atomic E-state index is -0.0967. The fourth-order valence-corrected chi connectivity index (χ4v) is 2.60. The molecule has 0 saturated carbocycles. The first-order chi connectivity index (χ1) is 11.3. The van der Waals surface area contributed by atoms with Crippen LogP contribution in [-0.2, 0) is 20.7 Å². The van der Waals surface area contributed by atoms with Crippen molar-refractivity contribution in [3.05, 3.63) is 30.2 Å². The lowest BCUT2D eigenvalue weighted by atomic mass is 10.2. The van der Waals surface area contributed by atoms with Crippen molar-refractivity contribution < 1.29 is 18.7 Å². The van der Waals surface area contributed by atoms with Crippen LogP contribution in [0, 0.1) is 0 Å². The molecule has 1 N–H and O–H groups in total. The average molecular weight is 318 g/mol. The Hall–Kier alpha value is -1.92. The standard InChI is InChI=1S/C17H22N2O4/c20-16(12-21-11-13-5-4-10-22-13)18-9-3-8-17-19-14-6-1-2-7-15(14)23-17/h1-2,6-7,13H,3-5,8-12H2,(H,18,20)/t13-/m0/s1. The summed E-state index contributed by atoms with van der Waals surface area (Å²) in [6.45, 7) is 1.97. The van der Waals surface area contributed by atoms with Crippen LogP contribution in [0.5, 0.6) is 0 Å². The van der Waals surface area contributed by atoms with Gasteiger partial charge in [0.15, 0.2) is 11.5 Å². The molecule has 0 unspecified atom stereocenters. The first-order valence-corrected chi connectivity index (χ1v) is 8.12. The molecule has 6 nitrogen and oxygen atoms in total. The van der Waals surface area contributed by atoms with E-state index in [0.29, 0.717) is 25.5 Å². The molecular formula is C17H22N2O4. The van der Waals surface area contributed by atoms with E-state index in [9.17, 15) is 4.79 Å². The number of para-hydroxylation sites is 2. The second-order valence-corrected chi connectivity index (χ2v) is 5.68. The van der Waals surface area contributed by atoms with Gasteiger partial charge in [0, 0.05) is 19.6 Å². The number of carbonyl (C=O) groups excluding carboxylic acids is 1. The van der Waals surface area contributed by atoms with E-state index in [2.05, 4.69) is 10.3 Å². The molecule has 1 aromatic carbocycles. The number of fused-ring (bicyclic) bond motifs is 1. The number of hydrogen-bond acceptors (Lipinski definition) is 5. The zero-order valence-corrected chi connectivity index (χ0v) is 13.1. The van der Waals surface area contributed by atoms with Gasteiger partial charge in [-0.3, -0.25) is 4.79 Å². The quantitative estimate of drug-likeness (QED) is 0.754. The maximum Gasteiger partial charge on any atom is 0.245 e. The van der Waals surface area contributed by atoms with Gasteiger partial charge in [-0.25, -0.2) is 4.98 Å². The molecule has 1 aromatic heterocycles. The second kappa shape index (κ2) is 8.08. The summed E-state index contributed by atoms with van der Waals surface area (Å²) >= 11 is 0. The number of amides is 1. The summed E-state index contributed by atoms with van der Waals surface area (Å²) in [7, 11) is 0. The highest BCUT2D eigenvalue weighted by Crippen LogP contribution is 2.15. The molecule has 1 aliphatic heterocycles. The number of ether oxygens (including phenoxy) is 2. The highest BCUT2D eigenvalue weighted by Gasteiger charge is 2.15. The molecule has 2 aromatic rings. The van der Waals surface area contributed by atoms with Gasteiger partial charge in [-0.15, -0.1) is 0 Å². The van der Waals surface area contributed by atoms with Gasteiger partial charge in [0.2, 0.25) is 5.91 Å². The number of nitrogens with zero attached hydrogens (tertiary/aromatic N) is 1. The van der Waals surface area contributed by atoms with Gasteiger partial charge in [-0.1, -0.05) is 12.1 Å². The van der Waals surface area contributed by atoms with E-state index < -0.39 is 0 Å². The molecular weight excluding hydrogens is 296 g/mol. The normalized spacial score (nSPS) is 17.7. The van der Waals surface area contributed by atoms with Gasteiger partial charge in [-0.05, 0) is 31.4 Å². The van der Waals surface area contributed by atoms with Crippen LogP contribution >= 0.6 is 0 Å². The highest BCUT2D eigenvalue weighted by molar-refractivity contribution is 5.77. The van der Waals surface area contributed by atoms with Gasteiger partial charge < -0.3 is 19.2 Å². The molecule has 0 bridgehead atoms. The number of aryl methyl sites for hydroxylation is 1. The van der Waals surface area contributed by atoms with Crippen molar-refractivity contribution in [2.24, 2.45) is 0 Å². The Morgan fingerprint density at radius 3 is 3.13 bits per heavy atom. The second-order valence-electron chi connectivity index (χ2n) is 5.68. The first-order valence-electron chi connectivity index (χ1n) is 8.12. The third kappa shape index (κ3) is 4.77. The van der Waals surface area contributed by atoms with E-state index in [1.54, 1.807) is 0 Å². The molecule has 2 heterocycles. The van der Waals surface area contributed by atoms with Gasteiger partial charge in [0.1, 0.15) is 12.1 Å². The van der Waals surface area contributed by atoms with Crippen molar-refractivity contribution in [2.45, 2.75) is 31.8 Å². The Balaban J connectivity index is 1.29. The lowest BCUT2D eigenvalue weighted by Gasteiger charge is -2.10. The van der Waals surface area contributed by atoms with E-state index in [1.807, 2.05) is 24.3 Å². The molecule has 0 aliphatic carbocycles. The zero-order chi connectivity index (χ0) is 15.9. The van der Waals surface area contributed by atoms with Gasteiger partial charge in [-0.2, -0.15) is 0 Å². The van der Waals surface area contributed by atoms with Crippen molar-refractivity contribution in [3.63, 3.8) is 0 Å². The smallest absolute Gasteiger partial charge is 0.245 e. The van der Waals surface area contributed by atoms with Crippen LogP contribution in [0.25, 0.3) is 11.1 Å². The van der Waals surface area contributed by atoms with Crippen molar-refractivity contribution >= 4 is 17.0 Å². The molecule has 1 amide bonds. The predicted molar refractivity (Wildman–Crippen MR) is 85.1 cm³/mol. The molecule has 0 spiro atoms. The molecule has 1 saturated heterocycles. The summed E-state index contributed by atoms with van der Waals surface area (Å²) in [6.07, 6.45) is 3.74. The summed E-state index contributed by atoms with van der Waals surface area (Å²) in [5.41, 5.74) is 1.67. The topological polar surface area (TPSA) is 73.6 Å². The average Bonchev–Trinajstić information content (AvgIpc) is 3.20. The van der Waals surface area contributed by atoms with E-state index >= 15 is 0 Å². The molecule has 23 heavy (non-hydrogen) atoms. The number of hydrogen-bond donors (Lipinski definition) is 1. The number of aromatic nitrogens is 1. The van der Waals surface area contributed by atoms with Crippen LogP contribution < -0.4 is 5.32 Å². The van der Waals surface area contributed by atoms with Crippen LogP contribution in [0.2, 0.25) is 0 Å². The van der Waals surface area contributed by atoms with E-state index in [0.717, 1.165) is 37.0 Å². The van der Waals surface area contributed by atoms with E-state index in [1.165, 1.54) is 0 Å². The SMILES string of the molecule is O=C(COC[C@@H]1CCCO1)NCCCc1nc2ccccc2o1. The summed E-state index contributed by atoms with van der Waals surface area (Å²) in [4.78, 5) is 16.1. The summed E-state index contributed by atoms with van der Waals surface area (Å²) < 4.78 is 16.4. The fourth-order valence-electron chi connectivity index (χ4n) is 2.60. The van der Waals surface area contributed by atoms with Crippen LogP contribution in [0.1, 0.15) is 25.2 Å². The minimum Gasteiger partial charge on any atom is -0.441 e. The first kappa shape index (κ1) is 16.0. The van der Waals surface area contributed by atoms with Crippen molar-refractivity contribution in [3.8, 4) is 0 Å². The largest absolute Gasteiger partial charge is 0.441 e. The van der Waals surface area contributed by atoms with Crippen molar-refractivity contribution in [2.75, 3.05) is 26.4 Å². The molecule has 1 atom stereocenters. The summed E-state index contributed by atoms with van der Waals surface area (Å²) in [5.74, 6) is 0.607. The third-order valence-corrected chi connectivity index (χ3v) is 3.79.